The average molecular weight is 403 g/mol. The molecule has 154 valence electrons. The summed E-state index contributed by atoms with van der Waals surface area (Å²) in [5.41, 5.74) is 2.50. The monoisotopic (exact) mass is 403 g/mol. The molecular weight excluding hydrogens is 378 g/mol. The van der Waals surface area contributed by atoms with E-state index in [0.717, 1.165) is 56.0 Å². The second-order valence-electron chi connectivity index (χ2n) is 7.81. The van der Waals surface area contributed by atoms with Crippen LogP contribution in [0.15, 0.2) is 42.6 Å². The predicted molar refractivity (Wildman–Crippen MR) is 114 cm³/mol. The first-order valence-electron chi connectivity index (χ1n) is 10.4. The number of anilines is 2. The number of aromatic nitrogens is 1. The van der Waals surface area contributed by atoms with Gasteiger partial charge in [-0.3, -0.25) is 9.59 Å². The van der Waals surface area contributed by atoms with Gasteiger partial charge in [0.25, 0.3) is 0 Å². The van der Waals surface area contributed by atoms with E-state index in [4.69, 9.17) is 5.26 Å². The summed E-state index contributed by atoms with van der Waals surface area (Å²) >= 11 is 0. The van der Waals surface area contributed by atoms with E-state index in [1.165, 1.54) is 0 Å². The molecule has 2 saturated heterocycles. The first-order chi connectivity index (χ1) is 14.6. The maximum atomic E-state index is 12.6. The molecule has 0 aliphatic carbocycles. The fourth-order valence-corrected chi connectivity index (χ4v) is 4.06. The fourth-order valence-electron chi connectivity index (χ4n) is 4.06. The Morgan fingerprint density at radius 1 is 1.13 bits per heavy atom. The van der Waals surface area contributed by atoms with E-state index < -0.39 is 0 Å². The highest BCUT2D eigenvalue weighted by atomic mass is 16.2. The molecule has 30 heavy (non-hydrogen) atoms. The highest BCUT2D eigenvalue weighted by molar-refractivity contribution is 5.95. The summed E-state index contributed by atoms with van der Waals surface area (Å²) in [4.78, 5) is 32.7. The van der Waals surface area contributed by atoms with E-state index in [9.17, 15) is 9.59 Å². The van der Waals surface area contributed by atoms with E-state index in [0.29, 0.717) is 18.5 Å². The number of nitrogens with one attached hydrogen (secondary N) is 1. The Labute approximate surface area is 176 Å². The van der Waals surface area contributed by atoms with Gasteiger partial charge in [0.15, 0.2) is 0 Å². The normalized spacial score (nSPS) is 17.1. The Morgan fingerprint density at radius 2 is 1.90 bits per heavy atom. The minimum Gasteiger partial charge on any atom is -0.357 e. The predicted octanol–water partition coefficient (Wildman–Crippen LogP) is 2.61. The molecule has 3 heterocycles. The number of carbonyl (C=O) groups excluding carboxylic acids is 2. The van der Waals surface area contributed by atoms with Crippen LogP contribution in [0.4, 0.5) is 11.5 Å². The van der Waals surface area contributed by atoms with Crippen LogP contribution in [0.2, 0.25) is 0 Å². The lowest BCUT2D eigenvalue weighted by Crippen LogP contribution is -2.40. The molecule has 2 aliphatic heterocycles. The molecule has 0 unspecified atom stereocenters. The number of nitrogens with zero attached hydrogens (tertiary/aromatic N) is 4. The minimum atomic E-state index is 0.00104. The summed E-state index contributed by atoms with van der Waals surface area (Å²) in [6.45, 7) is 2.82. The van der Waals surface area contributed by atoms with Crippen LogP contribution < -0.4 is 15.1 Å². The molecular formula is C23H25N5O2. The topological polar surface area (TPSA) is 89.3 Å². The molecule has 1 N–H and O–H groups in total. The second kappa shape index (κ2) is 8.95. The van der Waals surface area contributed by atoms with Gasteiger partial charge in [0.05, 0.1) is 5.56 Å². The number of amides is 2. The molecule has 0 spiro atoms. The van der Waals surface area contributed by atoms with Crippen LogP contribution >= 0.6 is 0 Å². The summed E-state index contributed by atoms with van der Waals surface area (Å²) in [5, 5.41) is 11.9. The van der Waals surface area contributed by atoms with Crippen LogP contribution in [0.1, 0.15) is 36.8 Å². The molecule has 4 rings (SSSR count). The molecule has 0 atom stereocenters. The van der Waals surface area contributed by atoms with Crippen molar-refractivity contribution in [2.75, 3.05) is 29.4 Å². The molecule has 0 bridgehead atoms. The lowest BCUT2D eigenvalue weighted by Gasteiger charge is -2.32. The maximum absolute atomic E-state index is 12.6. The van der Waals surface area contributed by atoms with Gasteiger partial charge in [-0.1, -0.05) is 12.1 Å². The quantitative estimate of drug-likeness (QED) is 0.829. The number of carbonyl (C=O) groups is 2. The van der Waals surface area contributed by atoms with Gasteiger partial charge in [-0.15, -0.1) is 0 Å². The molecule has 0 saturated carbocycles. The first-order valence-corrected chi connectivity index (χ1v) is 10.4. The van der Waals surface area contributed by atoms with Crippen molar-refractivity contribution in [2.24, 2.45) is 5.92 Å². The standard InChI is InChI=1S/C23H25N5O2/c24-14-18-5-8-21(25-16-18)27-12-9-19(10-13-27)23(30)26-15-17-3-6-20(7-4-17)28-11-1-2-22(28)29/h3-8,16,19H,1-2,9-13,15H2,(H,26,30). The van der Waals surface area contributed by atoms with E-state index in [2.05, 4.69) is 21.3 Å². The van der Waals surface area contributed by atoms with Gasteiger partial charge in [-0.05, 0) is 49.1 Å². The van der Waals surface area contributed by atoms with Gasteiger partial charge < -0.3 is 15.1 Å². The van der Waals surface area contributed by atoms with Crippen molar-refractivity contribution in [1.29, 1.82) is 5.26 Å². The van der Waals surface area contributed by atoms with Gasteiger partial charge in [-0.2, -0.15) is 5.26 Å². The number of hydrogen-bond donors (Lipinski definition) is 1. The lowest BCUT2D eigenvalue weighted by atomic mass is 9.95. The number of piperidine rings is 1. The molecule has 2 fully saturated rings. The van der Waals surface area contributed by atoms with Crippen LogP contribution in [-0.2, 0) is 16.1 Å². The van der Waals surface area contributed by atoms with Crippen LogP contribution in [0.5, 0.6) is 0 Å². The summed E-state index contributed by atoms with van der Waals surface area (Å²) in [7, 11) is 0. The summed E-state index contributed by atoms with van der Waals surface area (Å²) < 4.78 is 0. The molecule has 1 aromatic carbocycles. The summed E-state index contributed by atoms with van der Waals surface area (Å²) in [6, 6.07) is 13.6. The first kappa shape index (κ1) is 19.9. The van der Waals surface area contributed by atoms with E-state index in [1.54, 1.807) is 12.3 Å². The zero-order valence-electron chi connectivity index (χ0n) is 16.9. The third-order valence-electron chi connectivity index (χ3n) is 5.85. The molecule has 2 aromatic rings. The summed E-state index contributed by atoms with van der Waals surface area (Å²) in [6.07, 6.45) is 4.68. The number of nitriles is 1. The summed E-state index contributed by atoms with van der Waals surface area (Å²) in [5.74, 6) is 1.12. The SMILES string of the molecule is N#Cc1ccc(N2CCC(C(=O)NCc3ccc(N4CCCC4=O)cc3)CC2)nc1. The highest BCUT2D eigenvalue weighted by Gasteiger charge is 2.25. The van der Waals surface area contributed by atoms with E-state index in [-0.39, 0.29) is 17.7 Å². The van der Waals surface area contributed by atoms with Gasteiger partial charge in [0.2, 0.25) is 11.8 Å². The Bertz CT molecular complexity index is 941. The van der Waals surface area contributed by atoms with Crippen LogP contribution in [0, 0.1) is 17.2 Å². The lowest BCUT2D eigenvalue weighted by molar-refractivity contribution is -0.125. The molecule has 7 heteroatoms. The van der Waals surface area contributed by atoms with Crippen molar-refractivity contribution in [1.82, 2.24) is 10.3 Å². The van der Waals surface area contributed by atoms with Crippen molar-refractivity contribution in [2.45, 2.75) is 32.2 Å². The minimum absolute atomic E-state index is 0.00104. The van der Waals surface area contributed by atoms with Gasteiger partial charge in [0.1, 0.15) is 11.9 Å². The molecule has 2 amide bonds. The largest absolute Gasteiger partial charge is 0.357 e. The van der Waals surface area contributed by atoms with Crippen molar-refractivity contribution >= 4 is 23.3 Å². The average Bonchev–Trinajstić information content (AvgIpc) is 3.24. The zero-order valence-corrected chi connectivity index (χ0v) is 16.9. The smallest absolute Gasteiger partial charge is 0.227 e. The molecule has 2 aliphatic rings. The van der Waals surface area contributed by atoms with Crippen LogP contribution in [-0.4, -0.2) is 36.4 Å². The Morgan fingerprint density at radius 3 is 2.50 bits per heavy atom. The number of hydrogen-bond acceptors (Lipinski definition) is 5. The highest BCUT2D eigenvalue weighted by Crippen LogP contribution is 2.23. The van der Waals surface area contributed by atoms with Crippen LogP contribution in [0.25, 0.3) is 0 Å². The molecule has 1 aromatic heterocycles. The third kappa shape index (κ3) is 4.43. The van der Waals surface area contributed by atoms with Crippen molar-refractivity contribution in [3.05, 3.63) is 53.7 Å². The van der Waals surface area contributed by atoms with Gasteiger partial charge in [-0.25, -0.2) is 4.98 Å². The molecule has 0 radical (unpaired) electrons. The Hall–Kier alpha value is -3.40. The van der Waals surface area contributed by atoms with Crippen LogP contribution in [0.3, 0.4) is 0 Å². The van der Waals surface area contributed by atoms with E-state index in [1.807, 2.05) is 35.2 Å². The van der Waals surface area contributed by atoms with Crippen molar-refractivity contribution in [3.8, 4) is 6.07 Å². The van der Waals surface area contributed by atoms with Gasteiger partial charge in [0, 0.05) is 50.4 Å². The number of rotatable bonds is 5. The third-order valence-corrected chi connectivity index (χ3v) is 5.85. The fraction of sp³-hybridized carbons (Fsp3) is 0.391. The second-order valence-corrected chi connectivity index (χ2v) is 7.81. The number of pyridine rings is 1. The van der Waals surface area contributed by atoms with Crippen molar-refractivity contribution in [3.63, 3.8) is 0 Å². The zero-order chi connectivity index (χ0) is 20.9. The van der Waals surface area contributed by atoms with E-state index >= 15 is 0 Å². The van der Waals surface area contributed by atoms with Gasteiger partial charge >= 0.3 is 0 Å². The number of benzene rings is 1. The maximum Gasteiger partial charge on any atom is 0.227 e. The molecule has 7 nitrogen and oxygen atoms in total. The van der Waals surface area contributed by atoms with Crippen molar-refractivity contribution < 1.29 is 9.59 Å². The Balaban J connectivity index is 1.25. The Kier molecular flexibility index (Phi) is 5.94.